The highest BCUT2D eigenvalue weighted by atomic mass is 16.7. The molecule has 2 aromatic heterocycles. The number of nitrogens with zero attached hydrogens (tertiary/aromatic N) is 2. The van der Waals surface area contributed by atoms with E-state index in [0.717, 1.165) is 27.6 Å². The third kappa shape index (κ3) is 3.71. The lowest BCUT2D eigenvalue weighted by molar-refractivity contribution is 0.0687. The van der Waals surface area contributed by atoms with E-state index in [1.54, 1.807) is 4.90 Å². The number of rotatable bonds is 5. The Morgan fingerprint density at radius 3 is 2.72 bits per heavy atom. The zero-order valence-electron chi connectivity index (χ0n) is 17.7. The van der Waals surface area contributed by atoms with E-state index >= 15 is 0 Å². The molecule has 5 rings (SSSR count). The van der Waals surface area contributed by atoms with Gasteiger partial charge in [0, 0.05) is 18.2 Å². The van der Waals surface area contributed by atoms with Crippen LogP contribution in [0.15, 0.2) is 58.0 Å². The molecule has 0 unspecified atom stereocenters. The number of amides is 1. The summed E-state index contributed by atoms with van der Waals surface area (Å²) in [6, 6.07) is 12.9. The summed E-state index contributed by atoms with van der Waals surface area (Å²) in [4.78, 5) is 30.5. The Labute approximate surface area is 183 Å². The summed E-state index contributed by atoms with van der Waals surface area (Å²) in [6.07, 6.45) is 1.42. The number of aromatic amines is 1. The number of H-pyrrole nitrogens is 1. The fourth-order valence-electron chi connectivity index (χ4n) is 4.00. The summed E-state index contributed by atoms with van der Waals surface area (Å²) in [6.45, 7) is 4.50. The summed E-state index contributed by atoms with van der Waals surface area (Å²) in [5, 5.41) is 4.56. The Morgan fingerprint density at radius 2 is 1.91 bits per heavy atom. The van der Waals surface area contributed by atoms with Gasteiger partial charge in [-0.3, -0.25) is 9.59 Å². The second-order valence-electron chi connectivity index (χ2n) is 7.90. The quantitative estimate of drug-likeness (QED) is 0.517. The number of nitrogens with one attached hydrogen (secondary N) is 1. The number of carbonyl (C=O) groups is 1. The van der Waals surface area contributed by atoms with Crippen molar-refractivity contribution in [2.24, 2.45) is 0 Å². The lowest BCUT2D eigenvalue weighted by atomic mass is 10.0. The van der Waals surface area contributed by atoms with Crippen LogP contribution < -0.4 is 15.0 Å². The highest BCUT2D eigenvalue weighted by molar-refractivity contribution is 5.91. The van der Waals surface area contributed by atoms with Gasteiger partial charge < -0.3 is 23.9 Å². The van der Waals surface area contributed by atoms with Crippen molar-refractivity contribution >= 4 is 16.8 Å². The van der Waals surface area contributed by atoms with Crippen molar-refractivity contribution in [1.29, 1.82) is 0 Å². The van der Waals surface area contributed by atoms with Crippen LogP contribution in [-0.2, 0) is 13.1 Å². The molecule has 2 aromatic carbocycles. The number of fused-ring (bicyclic) bond motifs is 2. The second kappa shape index (κ2) is 7.88. The Balaban J connectivity index is 1.51. The molecule has 1 aliphatic rings. The predicted molar refractivity (Wildman–Crippen MR) is 117 cm³/mol. The van der Waals surface area contributed by atoms with Gasteiger partial charge in [-0.2, -0.15) is 0 Å². The van der Waals surface area contributed by atoms with E-state index < -0.39 is 0 Å². The first-order valence-electron chi connectivity index (χ1n) is 10.2. The van der Waals surface area contributed by atoms with Crippen LogP contribution in [0.1, 0.15) is 32.8 Å². The van der Waals surface area contributed by atoms with Crippen LogP contribution in [-0.4, -0.2) is 27.7 Å². The molecule has 1 N–H and O–H groups in total. The van der Waals surface area contributed by atoms with Gasteiger partial charge in [0.2, 0.25) is 12.6 Å². The fraction of sp³-hybridized carbons (Fsp3) is 0.208. The molecule has 0 saturated carbocycles. The zero-order chi connectivity index (χ0) is 22.2. The van der Waals surface area contributed by atoms with Crippen molar-refractivity contribution < 1.29 is 18.8 Å². The lowest BCUT2D eigenvalue weighted by Crippen LogP contribution is -2.32. The van der Waals surface area contributed by atoms with Crippen LogP contribution in [0.5, 0.6) is 11.5 Å². The molecule has 0 atom stereocenters. The van der Waals surface area contributed by atoms with Crippen molar-refractivity contribution in [2.45, 2.75) is 26.9 Å². The number of benzene rings is 2. The Kier molecular flexibility index (Phi) is 4.89. The first-order chi connectivity index (χ1) is 15.5. The molecular formula is C24H21N3O5. The SMILES string of the molecule is Cc1cc(C)c2[nH]c(=O)c(CN(Cc3ccc4c(c3)OCO4)C(=O)c3ccno3)cc2c1. The number of hydrogen-bond donors (Lipinski definition) is 1. The van der Waals surface area contributed by atoms with E-state index in [9.17, 15) is 9.59 Å². The zero-order valence-corrected chi connectivity index (χ0v) is 17.7. The molecule has 0 fully saturated rings. The standard InChI is InChI=1S/C24H21N3O5/c1-14-7-15(2)22-17(8-14)10-18(23(28)26-22)12-27(24(29)20-5-6-25-32-20)11-16-3-4-19-21(9-16)31-13-30-19/h3-10H,11-13H2,1-2H3,(H,26,28). The largest absolute Gasteiger partial charge is 0.454 e. The van der Waals surface area contributed by atoms with E-state index in [1.165, 1.54) is 12.3 Å². The average Bonchev–Trinajstić information content (AvgIpc) is 3.45. The topological polar surface area (TPSA) is 97.7 Å². The van der Waals surface area contributed by atoms with Gasteiger partial charge in [-0.15, -0.1) is 0 Å². The lowest BCUT2D eigenvalue weighted by Gasteiger charge is -2.22. The molecule has 1 aliphatic heterocycles. The number of carbonyl (C=O) groups excluding carboxylic acids is 1. The molecule has 32 heavy (non-hydrogen) atoms. The van der Waals surface area contributed by atoms with Gasteiger partial charge in [0.25, 0.3) is 11.5 Å². The molecule has 0 radical (unpaired) electrons. The van der Waals surface area contributed by atoms with Gasteiger partial charge >= 0.3 is 0 Å². The average molecular weight is 431 g/mol. The normalized spacial score (nSPS) is 12.3. The van der Waals surface area contributed by atoms with Gasteiger partial charge in [-0.1, -0.05) is 22.9 Å². The van der Waals surface area contributed by atoms with Crippen LogP contribution >= 0.6 is 0 Å². The van der Waals surface area contributed by atoms with Crippen LogP contribution in [0.2, 0.25) is 0 Å². The molecule has 0 spiro atoms. The Bertz CT molecular complexity index is 1370. The molecule has 8 heteroatoms. The molecule has 3 heterocycles. The van der Waals surface area contributed by atoms with Crippen molar-refractivity contribution in [2.75, 3.05) is 6.79 Å². The second-order valence-corrected chi connectivity index (χ2v) is 7.90. The molecule has 0 aliphatic carbocycles. The van der Waals surface area contributed by atoms with Crippen molar-refractivity contribution in [1.82, 2.24) is 15.0 Å². The Hall–Kier alpha value is -4.07. The molecule has 0 bridgehead atoms. The van der Waals surface area contributed by atoms with Crippen LogP contribution in [0.25, 0.3) is 10.9 Å². The maximum absolute atomic E-state index is 13.2. The third-order valence-electron chi connectivity index (χ3n) is 5.48. The first kappa shape index (κ1) is 19.9. The summed E-state index contributed by atoms with van der Waals surface area (Å²) < 4.78 is 15.9. The first-order valence-corrected chi connectivity index (χ1v) is 10.2. The monoisotopic (exact) mass is 431 g/mol. The summed E-state index contributed by atoms with van der Waals surface area (Å²) in [5.74, 6) is 1.04. The number of ether oxygens (including phenoxy) is 2. The third-order valence-corrected chi connectivity index (χ3v) is 5.48. The molecular weight excluding hydrogens is 410 g/mol. The summed E-state index contributed by atoms with van der Waals surface area (Å²) >= 11 is 0. The van der Waals surface area contributed by atoms with Crippen molar-refractivity contribution in [3.05, 3.63) is 87.0 Å². The minimum atomic E-state index is -0.361. The van der Waals surface area contributed by atoms with Gasteiger partial charge in [0.1, 0.15) is 0 Å². The van der Waals surface area contributed by atoms with E-state index in [1.807, 2.05) is 50.2 Å². The summed E-state index contributed by atoms with van der Waals surface area (Å²) in [7, 11) is 0. The predicted octanol–water partition coefficient (Wildman–Crippen LogP) is 3.70. The van der Waals surface area contributed by atoms with Gasteiger partial charge in [0.15, 0.2) is 11.5 Å². The Morgan fingerprint density at radius 1 is 1.06 bits per heavy atom. The van der Waals surface area contributed by atoms with Gasteiger partial charge in [-0.05, 0) is 54.6 Å². The van der Waals surface area contributed by atoms with Crippen LogP contribution in [0, 0.1) is 13.8 Å². The number of aryl methyl sites for hydroxylation is 2. The fourth-order valence-corrected chi connectivity index (χ4v) is 4.00. The highest BCUT2D eigenvalue weighted by Crippen LogP contribution is 2.33. The number of aromatic nitrogens is 2. The van der Waals surface area contributed by atoms with E-state index in [-0.39, 0.29) is 37.1 Å². The van der Waals surface area contributed by atoms with Gasteiger partial charge in [-0.25, -0.2) is 0 Å². The van der Waals surface area contributed by atoms with Crippen LogP contribution in [0.4, 0.5) is 0 Å². The highest BCUT2D eigenvalue weighted by Gasteiger charge is 2.23. The van der Waals surface area contributed by atoms with Crippen LogP contribution in [0.3, 0.4) is 0 Å². The maximum atomic E-state index is 13.2. The number of pyridine rings is 1. The minimum absolute atomic E-state index is 0.103. The molecule has 162 valence electrons. The maximum Gasteiger partial charge on any atom is 0.293 e. The van der Waals surface area contributed by atoms with E-state index in [0.29, 0.717) is 17.1 Å². The summed E-state index contributed by atoms with van der Waals surface area (Å²) in [5.41, 5.74) is 3.99. The minimum Gasteiger partial charge on any atom is -0.454 e. The molecule has 1 amide bonds. The van der Waals surface area contributed by atoms with E-state index in [4.69, 9.17) is 14.0 Å². The van der Waals surface area contributed by atoms with Gasteiger partial charge in [0.05, 0.1) is 18.3 Å². The molecule has 0 saturated heterocycles. The van der Waals surface area contributed by atoms with E-state index in [2.05, 4.69) is 10.1 Å². The smallest absolute Gasteiger partial charge is 0.293 e. The molecule has 8 nitrogen and oxygen atoms in total. The van der Waals surface area contributed by atoms with Crippen molar-refractivity contribution in [3.8, 4) is 11.5 Å². The molecule has 4 aromatic rings. The van der Waals surface area contributed by atoms with Crippen molar-refractivity contribution in [3.63, 3.8) is 0 Å². The number of hydrogen-bond acceptors (Lipinski definition) is 6.